The maximum absolute atomic E-state index is 12.5. The van der Waals surface area contributed by atoms with Crippen LogP contribution < -0.4 is 10.1 Å². The Hall–Kier alpha value is -1.49. The molecule has 0 spiro atoms. The van der Waals surface area contributed by atoms with Crippen LogP contribution in [0.25, 0.3) is 0 Å². The lowest BCUT2D eigenvalue weighted by atomic mass is 9.91. The van der Waals surface area contributed by atoms with Gasteiger partial charge in [0.1, 0.15) is 5.75 Å². The third kappa shape index (κ3) is 4.77. The predicted molar refractivity (Wildman–Crippen MR) is 76.1 cm³/mol. The van der Waals surface area contributed by atoms with E-state index in [9.17, 15) is 13.2 Å². The highest BCUT2D eigenvalue weighted by atomic mass is 19.4. The first-order valence-electron chi connectivity index (χ1n) is 7.19. The molecule has 0 aliphatic heterocycles. The van der Waals surface area contributed by atoms with Gasteiger partial charge in [0.25, 0.3) is 0 Å². The SMILES string of the molecule is CNC(CC1=CCCCC1)c1ccccc1OC(F)(F)F. The highest BCUT2D eigenvalue weighted by Gasteiger charge is 2.32. The Morgan fingerprint density at radius 3 is 2.62 bits per heavy atom. The molecule has 116 valence electrons. The molecule has 2 rings (SSSR count). The van der Waals surface area contributed by atoms with Gasteiger partial charge in [-0.15, -0.1) is 13.2 Å². The van der Waals surface area contributed by atoms with Crippen molar-refractivity contribution >= 4 is 0 Å². The summed E-state index contributed by atoms with van der Waals surface area (Å²) in [5, 5.41) is 3.10. The van der Waals surface area contributed by atoms with Gasteiger partial charge in [0.2, 0.25) is 0 Å². The van der Waals surface area contributed by atoms with E-state index in [1.165, 1.54) is 18.1 Å². The molecule has 0 bridgehead atoms. The van der Waals surface area contributed by atoms with E-state index in [1.807, 2.05) is 0 Å². The first-order valence-corrected chi connectivity index (χ1v) is 7.19. The summed E-state index contributed by atoms with van der Waals surface area (Å²) in [6.07, 6.45) is 2.70. The Morgan fingerprint density at radius 1 is 1.24 bits per heavy atom. The third-order valence-electron chi connectivity index (χ3n) is 3.72. The molecule has 1 atom stereocenters. The minimum Gasteiger partial charge on any atom is -0.405 e. The van der Waals surface area contributed by atoms with Gasteiger partial charge in [0.05, 0.1) is 0 Å². The first kappa shape index (κ1) is 15.9. The fraction of sp³-hybridized carbons (Fsp3) is 0.500. The maximum Gasteiger partial charge on any atom is 0.573 e. The molecule has 0 amide bonds. The summed E-state index contributed by atoms with van der Waals surface area (Å²) < 4.78 is 41.6. The van der Waals surface area contributed by atoms with Crippen molar-refractivity contribution in [3.05, 3.63) is 41.5 Å². The van der Waals surface area contributed by atoms with E-state index < -0.39 is 6.36 Å². The number of halogens is 3. The van der Waals surface area contributed by atoms with Crippen molar-refractivity contribution in [2.24, 2.45) is 0 Å². The predicted octanol–water partition coefficient (Wildman–Crippen LogP) is 4.74. The van der Waals surface area contributed by atoms with Crippen LogP contribution in [0.2, 0.25) is 0 Å². The standard InChI is InChI=1S/C16H20F3NO/c1-20-14(11-12-7-3-2-4-8-12)13-9-5-6-10-15(13)21-16(17,18)19/h5-7,9-10,14,20H,2-4,8,11H2,1H3. The van der Waals surface area contributed by atoms with E-state index in [2.05, 4.69) is 16.1 Å². The van der Waals surface area contributed by atoms with Crippen LogP contribution in [0.15, 0.2) is 35.9 Å². The highest BCUT2D eigenvalue weighted by molar-refractivity contribution is 5.37. The second kappa shape index (κ2) is 6.98. The Labute approximate surface area is 123 Å². The van der Waals surface area contributed by atoms with E-state index in [-0.39, 0.29) is 11.8 Å². The van der Waals surface area contributed by atoms with Crippen LogP contribution in [0.4, 0.5) is 13.2 Å². The molecule has 1 aliphatic carbocycles. The van der Waals surface area contributed by atoms with Crippen LogP contribution in [-0.2, 0) is 0 Å². The van der Waals surface area contributed by atoms with Gasteiger partial charge in [-0.2, -0.15) is 0 Å². The smallest absolute Gasteiger partial charge is 0.405 e. The van der Waals surface area contributed by atoms with Gasteiger partial charge in [-0.3, -0.25) is 0 Å². The Kier molecular flexibility index (Phi) is 5.28. The van der Waals surface area contributed by atoms with Crippen LogP contribution >= 0.6 is 0 Å². The summed E-state index contributed by atoms with van der Waals surface area (Å²) in [4.78, 5) is 0. The topological polar surface area (TPSA) is 21.3 Å². The number of alkyl halides is 3. The average Bonchev–Trinajstić information content (AvgIpc) is 2.45. The van der Waals surface area contributed by atoms with Gasteiger partial charge in [-0.1, -0.05) is 29.8 Å². The quantitative estimate of drug-likeness (QED) is 0.793. The molecular weight excluding hydrogens is 279 g/mol. The summed E-state index contributed by atoms with van der Waals surface area (Å²) in [6.45, 7) is 0. The molecule has 1 N–H and O–H groups in total. The summed E-state index contributed by atoms with van der Waals surface area (Å²) in [7, 11) is 1.76. The van der Waals surface area contributed by atoms with Crippen molar-refractivity contribution < 1.29 is 17.9 Å². The Bertz CT molecular complexity index is 497. The van der Waals surface area contributed by atoms with Crippen molar-refractivity contribution in [2.75, 3.05) is 7.05 Å². The number of rotatable bonds is 5. The molecule has 2 nitrogen and oxygen atoms in total. The van der Waals surface area contributed by atoms with Crippen molar-refractivity contribution in [2.45, 2.75) is 44.5 Å². The van der Waals surface area contributed by atoms with Crippen molar-refractivity contribution in [1.29, 1.82) is 0 Å². The zero-order chi connectivity index (χ0) is 15.3. The van der Waals surface area contributed by atoms with Crippen LogP contribution in [-0.4, -0.2) is 13.4 Å². The minimum atomic E-state index is -4.67. The number of para-hydroxylation sites is 1. The van der Waals surface area contributed by atoms with Crippen LogP contribution in [0.5, 0.6) is 5.75 Å². The van der Waals surface area contributed by atoms with Gasteiger partial charge in [-0.25, -0.2) is 0 Å². The normalized spacial score (nSPS) is 17.2. The van der Waals surface area contributed by atoms with E-state index in [0.717, 1.165) is 19.3 Å². The van der Waals surface area contributed by atoms with Gasteiger partial charge < -0.3 is 10.1 Å². The summed E-state index contributed by atoms with van der Waals surface area (Å²) in [6, 6.07) is 6.16. The number of hydrogen-bond donors (Lipinski definition) is 1. The largest absolute Gasteiger partial charge is 0.573 e. The highest BCUT2D eigenvalue weighted by Crippen LogP contribution is 2.34. The second-order valence-electron chi connectivity index (χ2n) is 5.24. The van der Waals surface area contributed by atoms with Gasteiger partial charge in [0.15, 0.2) is 0 Å². The lowest BCUT2D eigenvalue weighted by molar-refractivity contribution is -0.275. The summed E-state index contributed by atoms with van der Waals surface area (Å²) in [5.41, 5.74) is 1.85. The van der Waals surface area contributed by atoms with Gasteiger partial charge in [0, 0.05) is 11.6 Å². The fourth-order valence-electron chi connectivity index (χ4n) is 2.71. The molecule has 5 heteroatoms. The summed E-state index contributed by atoms with van der Waals surface area (Å²) >= 11 is 0. The second-order valence-corrected chi connectivity index (χ2v) is 5.24. The van der Waals surface area contributed by atoms with Crippen LogP contribution in [0.1, 0.15) is 43.7 Å². The van der Waals surface area contributed by atoms with E-state index >= 15 is 0 Å². The lowest BCUT2D eigenvalue weighted by Gasteiger charge is -2.23. The molecule has 0 fully saturated rings. The number of allylic oxidation sites excluding steroid dienone is 1. The minimum absolute atomic E-state index is 0.124. The molecule has 0 saturated heterocycles. The maximum atomic E-state index is 12.5. The Balaban J connectivity index is 2.19. The van der Waals surface area contributed by atoms with E-state index in [0.29, 0.717) is 12.0 Å². The molecule has 1 aromatic rings. The molecule has 0 saturated carbocycles. The Morgan fingerprint density at radius 2 is 2.00 bits per heavy atom. The van der Waals surface area contributed by atoms with E-state index in [4.69, 9.17) is 0 Å². The van der Waals surface area contributed by atoms with Gasteiger partial charge >= 0.3 is 6.36 Å². The number of nitrogens with one attached hydrogen (secondary N) is 1. The lowest BCUT2D eigenvalue weighted by Crippen LogP contribution is -2.22. The molecule has 1 aromatic carbocycles. The number of benzene rings is 1. The van der Waals surface area contributed by atoms with E-state index in [1.54, 1.807) is 25.2 Å². The van der Waals surface area contributed by atoms with Crippen LogP contribution in [0, 0.1) is 0 Å². The molecule has 21 heavy (non-hydrogen) atoms. The van der Waals surface area contributed by atoms with Crippen molar-refractivity contribution in [3.63, 3.8) is 0 Å². The molecule has 0 heterocycles. The number of hydrogen-bond acceptors (Lipinski definition) is 2. The van der Waals surface area contributed by atoms with Crippen molar-refractivity contribution in [1.82, 2.24) is 5.32 Å². The van der Waals surface area contributed by atoms with Crippen LogP contribution in [0.3, 0.4) is 0 Å². The first-order chi connectivity index (χ1) is 9.99. The summed E-state index contributed by atoms with van der Waals surface area (Å²) in [5.74, 6) is -0.124. The number of ether oxygens (including phenoxy) is 1. The fourth-order valence-corrected chi connectivity index (χ4v) is 2.71. The van der Waals surface area contributed by atoms with Crippen molar-refractivity contribution in [3.8, 4) is 5.75 Å². The molecule has 1 unspecified atom stereocenters. The zero-order valence-electron chi connectivity index (χ0n) is 12.0. The molecule has 0 radical (unpaired) electrons. The monoisotopic (exact) mass is 299 g/mol. The molecule has 1 aliphatic rings. The zero-order valence-corrected chi connectivity index (χ0v) is 12.0. The van der Waals surface area contributed by atoms with Gasteiger partial charge in [-0.05, 0) is 45.2 Å². The molecular formula is C16H20F3NO. The third-order valence-corrected chi connectivity index (χ3v) is 3.72. The average molecular weight is 299 g/mol. The molecule has 0 aromatic heterocycles.